The molecule has 2 aromatic heterocycles. The van der Waals surface area contributed by atoms with E-state index in [4.69, 9.17) is 11.6 Å². The number of alkyl halides is 3. The molecule has 0 aliphatic heterocycles. The maximum Gasteiger partial charge on any atom is 0.426 e. The van der Waals surface area contributed by atoms with Crippen LogP contribution in [0.1, 0.15) is 16.1 Å². The second-order valence-corrected chi connectivity index (χ2v) is 10.3. The van der Waals surface area contributed by atoms with E-state index in [0.29, 0.717) is 33.2 Å². The first-order valence-corrected chi connectivity index (χ1v) is 13.2. The Morgan fingerprint density at radius 3 is 2.32 bits per heavy atom. The Morgan fingerprint density at radius 1 is 1.00 bits per heavy atom. The van der Waals surface area contributed by atoms with Crippen LogP contribution in [0.3, 0.4) is 0 Å². The Morgan fingerprint density at radius 2 is 1.68 bits per heavy atom. The van der Waals surface area contributed by atoms with E-state index in [0.717, 1.165) is 10.6 Å². The number of thiazole rings is 1. The summed E-state index contributed by atoms with van der Waals surface area (Å²) in [6, 6.07) is 14.3. The minimum Gasteiger partial charge on any atom is -0.357 e. The van der Waals surface area contributed by atoms with Gasteiger partial charge in [0.15, 0.2) is 0 Å². The lowest BCUT2D eigenvalue weighted by atomic mass is 10.0. The van der Waals surface area contributed by atoms with Gasteiger partial charge in [0.1, 0.15) is 15.9 Å². The summed E-state index contributed by atoms with van der Waals surface area (Å²) in [7, 11) is 1.47. The maximum absolute atomic E-state index is 13.2. The first kappa shape index (κ1) is 26.8. The second-order valence-electron chi connectivity index (χ2n) is 8.12. The van der Waals surface area contributed by atoms with E-state index in [9.17, 15) is 22.8 Å². The lowest BCUT2D eigenvalue weighted by Crippen LogP contribution is -2.47. The van der Waals surface area contributed by atoms with Gasteiger partial charge in [0.05, 0.1) is 12.1 Å². The van der Waals surface area contributed by atoms with Gasteiger partial charge in [-0.3, -0.25) is 9.59 Å². The molecular formula is C26H21ClF3N3O2S2. The molecular weight excluding hydrogens is 543 g/mol. The fourth-order valence-corrected chi connectivity index (χ4v) is 5.46. The molecule has 0 saturated carbocycles. The third-order valence-corrected chi connectivity index (χ3v) is 7.66. The van der Waals surface area contributed by atoms with Crippen molar-refractivity contribution in [3.63, 3.8) is 0 Å². The number of nitrogens with one attached hydrogen (secondary N) is 2. The molecule has 0 radical (unpaired) electrons. The van der Waals surface area contributed by atoms with E-state index in [1.165, 1.54) is 29.8 Å². The molecule has 0 aliphatic rings. The number of likely N-dealkylation sites (N-methyl/N-ethyl adjacent to an activating group) is 1. The number of nitrogens with zero attached hydrogens (tertiary/aromatic N) is 1. The molecule has 5 nitrogen and oxygen atoms in total. The summed E-state index contributed by atoms with van der Waals surface area (Å²) in [6.07, 6.45) is -4.26. The Labute approximate surface area is 224 Å². The zero-order chi connectivity index (χ0) is 26.6. The summed E-state index contributed by atoms with van der Waals surface area (Å²) in [4.78, 5) is 29.0. The van der Waals surface area contributed by atoms with E-state index < -0.39 is 17.1 Å². The fourth-order valence-electron chi connectivity index (χ4n) is 3.72. The van der Waals surface area contributed by atoms with Gasteiger partial charge >= 0.3 is 6.18 Å². The molecule has 37 heavy (non-hydrogen) atoms. The summed E-state index contributed by atoms with van der Waals surface area (Å²) in [6.45, 7) is 0. The molecule has 0 saturated heterocycles. The van der Waals surface area contributed by atoms with Gasteiger partial charge in [-0.25, -0.2) is 4.98 Å². The number of rotatable bonds is 8. The van der Waals surface area contributed by atoms with Crippen molar-refractivity contribution in [2.24, 2.45) is 0 Å². The van der Waals surface area contributed by atoms with Crippen LogP contribution in [-0.2, 0) is 28.6 Å². The molecule has 11 heteroatoms. The topological polar surface area (TPSA) is 71.1 Å². The van der Waals surface area contributed by atoms with Crippen LogP contribution in [0.5, 0.6) is 0 Å². The molecule has 4 rings (SSSR count). The van der Waals surface area contributed by atoms with Crippen LogP contribution in [0.15, 0.2) is 65.4 Å². The summed E-state index contributed by atoms with van der Waals surface area (Å²) < 4.78 is 39.7. The highest BCUT2D eigenvalue weighted by atomic mass is 35.5. The predicted octanol–water partition coefficient (Wildman–Crippen LogP) is 6.23. The molecule has 0 bridgehead atoms. The van der Waals surface area contributed by atoms with Crippen LogP contribution in [0, 0.1) is 0 Å². The number of aromatic nitrogens is 1. The standard InChI is InChI=1S/C26H21ClF3N3O2S2/c1-31-24(35)21(12-15-2-4-16(5-3-15)20-10-11-36-23(20)26(28,29)30)33-22(34)13-19-14-37-25(32-19)17-6-8-18(27)9-7-17/h2-11,14,21H,12-13H2,1H3,(H,31,35)(H,33,34)/t21-/m1/s1. The molecule has 0 spiro atoms. The number of benzene rings is 2. The Bertz CT molecular complexity index is 1380. The van der Waals surface area contributed by atoms with Gasteiger partial charge in [-0.1, -0.05) is 48.0 Å². The van der Waals surface area contributed by atoms with Gasteiger partial charge < -0.3 is 10.6 Å². The van der Waals surface area contributed by atoms with E-state index in [-0.39, 0.29) is 30.2 Å². The summed E-state index contributed by atoms with van der Waals surface area (Å²) in [5, 5.41) is 9.85. The zero-order valence-corrected chi connectivity index (χ0v) is 21.8. The highest BCUT2D eigenvalue weighted by Gasteiger charge is 2.35. The highest BCUT2D eigenvalue weighted by molar-refractivity contribution is 7.13. The van der Waals surface area contributed by atoms with Crippen molar-refractivity contribution >= 4 is 46.1 Å². The number of hydrogen-bond donors (Lipinski definition) is 2. The maximum atomic E-state index is 13.2. The largest absolute Gasteiger partial charge is 0.426 e. The van der Waals surface area contributed by atoms with Crippen molar-refractivity contribution < 1.29 is 22.8 Å². The van der Waals surface area contributed by atoms with Crippen molar-refractivity contribution in [1.29, 1.82) is 0 Å². The van der Waals surface area contributed by atoms with Gasteiger partial charge in [0.2, 0.25) is 11.8 Å². The Kier molecular flexibility index (Phi) is 8.31. The Hall–Kier alpha value is -3.21. The van der Waals surface area contributed by atoms with Crippen LogP contribution in [0.4, 0.5) is 13.2 Å². The smallest absolute Gasteiger partial charge is 0.357 e. The minimum absolute atomic E-state index is 0.00506. The molecule has 0 aliphatic carbocycles. The number of halogens is 4. The Balaban J connectivity index is 1.42. The van der Waals surface area contributed by atoms with Crippen molar-refractivity contribution in [3.05, 3.63) is 86.5 Å². The normalized spacial score (nSPS) is 12.2. The van der Waals surface area contributed by atoms with Crippen molar-refractivity contribution in [1.82, 2.24) is 15.6 Å². The van der Waals surface area contributed by atoms with E-state index in [1.54, 1.807) is 41.8 Å². The first-order valence-electron chi connectivity index (χ1n) is 11.1. The van der Waals surface area contributed by atoms with E-state index >= 15 is 0 Å². The second kappa shape index (κ2) is 11.5. The zero-order valence-electron chi connectivity index (χ0n) is 19.4. The average Bonchev–Trinajstić information content (AvgIpc) is 3.54. The number of hydrogen-bond acceptors (Lipinski definition) is 5. The summed E-state index contributed by atoms with van der Waals surface area (Å²) in [5.74, 6) is -0.749. The number of thiophene rings is 1. The first-order chi connectivity index (χ1) is 17.6. The van der Waals surface area contributed by atoms with E-state index in [2.05, 4.69) is 15.6 Å². The lowest BCUT2D eigenvalue weighted by Gasteiger charge is -2.17. The third kappa shape index (κ3) is 6.76. The fraction of sp³-hybridized carbons (Fsp3) is 0.192. The van der Waals surface area contributed by atoms with Gasteiger partial charge in [-0.05, 0) is 34.7 Å². The summed E-state index contributed by atoms with van der Waals surface area (Å²) in [5.41, 5.74) is 2.70. The monoisotopic (exact) mass is 563 g/mol. The third-order valence-electron chi connectivity index (χ3n) is 5.51. The molecule has 1 atom stereocenters. The average molecular weight is 564 g/mol. The molecule has 2 amide bonds. The van der Waals surface area contributed by atoms with Crippen LogP contribution in [-0.4, -0.2) is 29.9 Å². The van der Waals surface area contributed by atoms with E-state index in [1.807, 2.05) is 12.1 Å². The molecule has 0 unspecified atom stereocenters. The lowest BCUT2D eigenvalue weighted by molar-refractivity contribution is -0.133. The number of amides is 2. The van der Waals surface area contributed by atoms with Crippen LogP contribution >= 0.6 is 34.3 Å². The quantitative estimate of drug-likeness (QED) is 0.267. The number of carbonyl (C=O) groups is 2. The number of carbonyl (C=O) groups excluding carboxylic acids is 2. The van der Waals surface area contributed by atoms with Crippen LogP contribution in [0.2, 0.25) is 5.02 Å². The molecule has 2 aromatic carbocycles. The predicted molar refractivity (Wildman–Crippen MR) is 141 cm³/mol. The van der Waals surface area contributed by atoms with Crippen molar-refractivity contribution in [3.8, 4) is 21.7 Å². The molecule has 2 heterocycles. The SMILES string of the molecule is CNC(=O)[C@@H](Cc1ccc(-c2ccsc2C(F)(F)F)cc1)NC(=O)Cc1csc(-c2ccc(Cl)cc2)n1. The molecule has 2 N–H and O–H groups in total. The van der Waals surface area contributed by atoms with Crippen LogP contribution < -0.4 is 10.6 Å². The van der Waals surface area contributed by atoms with Gasteiger partial charge in [-0.15, -0.1) is 22.7 Å². The van der Waals surface area contributed by atoms with Gasteiger partial charge in [0.25, 0.3) is 0 Å². The van der Waals surface area contributed by atoms with Crippen molar-refractivity contribution in [2.45, 2.75) is 25.1 Å². The van der Waals surface area contributed by atoms with Crippen LogP contribution in [0.25, 0.3) is 21.7 Å². The van der Waals surface area contributed by atoms with Gasteiger partial charge in [0, 0.05) is 35.0 Å². The minimum atomic E-state index is -4.43. The van der Waals surface area contributed by atoms with Crippen molar-refractivity contribution in [2.75, 3.05) is 7.05 Å². The molecule has 4 aromatic rings. The summed E-state index contributed by atoms with van der Waals surface area (Å²) >= 11 is 7.98. The van der Waals surface area contributed by atoms with Gasteiger partial charge in [-0.2, -0.15) is 13.2 Å². The highest BCUT2D eigenvalue weighted by Crippen LogP contribution is 2.40. The molecule has 0 fully saturated rings. The molecule has 192 valence electrons.